The summed E-state index contributed by atoms with van der Waals surface area (Å²) >= 11 is 0. The van der Waals surface area contributed by atoms with Gasteiger partial charge in [0.05, 0.1) is 19.8 Å². The van der Waals surface area contributed by atoms with Gasteiger partial charge in [-0.15, -0.1) is 0 Å². The van der Waals surface area contributed by atoms with E-state index in [9.17, 15) is 4.39 Å². The van der Waals surface area contributed by atoms with Gasteiger partial charge in [-0.3, -0.25) is 4.90 Å². The molecule has 2 aromatic rings. The quantitative estimate of drug-likeness (QED) is 0.488. The van der Waals surface area contributed by atoms with E-state index < -0.39 is 0 Å². The molecule has 1 aliphatic heterocycles. The number of aliphatic imine (C=N–C) groups is 1. The summed E-state index contributed by atoms with van der Waals surface area (Å²) in [6.07, 6.45) is 0. The molecule has 1 fully saturated rings. The second kappa shape index (κ2) is 12.1. The van der Waals surface area contributed by atoms with Gasteiger partial charge < -0.3 is 20.1 Å². The Morgan fingerprint density at radius 2 is 1.90 bits per heavy atom. The lowest BCUT2D eigenvalue weighted by atomic mass is 10.2. The average molecular weight is 415 g/mol. The van der Waals surface area contributed by atoms with Gasteiger partial charge in [-0.1, -0.05) is 24.3 Å². The lowest BCUT2D eigenvalue weighted by molar-refractivity contribution is 0.0322. The molecule has 162 valence electrons. The first-order chi connectivity index (χ1) is 14.7. The molecule has 1 heterocycles. The number of hydrogen-bond donors (Lipinski definition) is 2. The Kier molecular flexibility index (Phi) is 8.93. The molecule has 0 atom stereocenters. The molecule has 0 aromatic heterocycles. The van der Waals surface area contributed by atoms with E-state index in [-0.39, 0.29) is 5.82 Å². The number of benzene rings is 2. The Bertz CT molecular complexity index is 792. The Morgan fingerprint density at radius 1 is 1.10 bits per heavy atom. The van der Waals surface area contributed by atoms with E-state index in [1.807, 2.05) is 31.2 Å². The van der Waals surface area contributed by atoms with Gasteiger partial charge in [-0.2, -0.15) is 0 Å². The van der Waals surface area contributed by atoms with E-state index in [0.717, 1.165) is 62.2 Å². The number of guanidine groups is 1. The lowest BCUT2D eigenvalue weighted by Crippen LogP contribution is -2.38. The number of rotatable bonds is 9. The summed E-state index contributed by atoms with van der Waals surface area (Å²) in [5, 5.41) is 6.52. The molecule has 0 radical (unpaired) electrons. The zero-order chi connectivity index (χ0) is 21.0. The molecule has 1 saturated heterocycles. The molecular weight excluding hydrogens is 383 g/mol. The minimum absolute atomic E-state index is 0.230. The lowest BCUT2D eigenvalue weighted by Gasteiger charge is -2.26. The number of morpholine rings is 1. The molecular formula is C23H31FN4O2. The second-order valence-electron chi connectivity index (χ2n) is 7.13. The monoisotopic (exact) mass is 414 g/mol. The maximum absolute atomic E-state index is 13.0. The molecule has 0 aliphatic carbocycles. The van der Waals surface area contributed by atoms with Crippen molar-refractivity contribution in [2.45, 2.75) is 20.0 Å². The summed E-state index contributed by atoms with van der Waals surface area (Å²) in [4.78, 5) is 7.01. The van der Waals surface area contributed by atoms with Crippen LogP contribution in [-0.2, 0) is 17.8 Å². The molecule has 30 heavy (non-hydrogen) atoms. The highest BCUT2D eigenvalue weighted by atomic mass is 19.1. The third-order valence-corrected chi connectivity index (χ3v) is 4.82. The summed E-state index contributed by atoms with van der Waals surface area (Å²) in [6.45, 7) is 9.02. The van der Waals surface area contributed by atoms with Gasteiger partial charge in [0.1, 0.15) is 18.2 Å². The third kappa shape index (κ3) is 7.65. The number of ether oxygens (including phenoxy) is 2. The minimum atomic E-state index is -0.230. The number of nitrogens with zero attached hydrogens (tertiary/aromatic N) is 2. The zero-order valence-corrected chi connectivity index (χ0v) is 17.6. The summed E-state index contributed by atoms with van der Waals surface area (Å²) in [5.41, 5.74) is 2.08. The smallest absolute Gasteiger partial charge is 0.191 e. The summed E-state index contributed by atoms with van der Waals surface area (Å²) in [7, 11) is 0. The van der Waals surface area contributed by atoms with Gasteiger partial charge in [-0.05, 0) is 42.3 Å². The Morgan fingerprint density at radius 3 is 2.67 bits per heavy atom. The van der Waals surface area contributed by atoms with Crippen LogP contribution in [-0.4, -0.2) is 56.9 Å². The van der Waals surface area contributed by atoms with Gasteiger partial charge in [-0.25, -0.2) is 9.38 Å². The van der Waals surface area contributed by atoms with Crippen LogP contribution in [0.4, 0.5) is 4.39 Å². The van der Waals surface area contributed by atoms with Gasteiger partial charge in [0.15, 0.2) is 5.96 Å². The second-order valence-corrected chi connectivity index (χ2v) is 7.13. The summed E-state index contributed by atoms with van der Waals surface area (Å²) in [6, 6.07) is 14.5. The normalized spacial score (nSPS) is 15.1. The van der Waals surface area contributed by atoms with Crippen molar-refractivity contribution < 1.29 is 13.9 Å². The third-order valence-electron chi connectivity index (χ3n) is 4.82. The zero-order valence-electron chi connectivity index (χ0n) is 17.6. The predicted octanol–water partition coefficient (Wildman–Crippen LogP) is 2.79. The highest BCUT2D eigenvalue weighted by Gasteiger charge is 2.09. The number of hydrogen-bond acceptors (Lipinski definition) is 4. The van der Waals surface area contributed by atoms with Crippen molar-refractivity contribution in [3.8, 4) is 5.75 Å². The first-order valence-corrected chi connectivity index (χ1v) is 10.5. The van der Waals surface area contributed by atoms with Crippen LogP contribution < -0.4 is 15.4 Å². The van der Waals surface area contributed by atoms with E-state index in [2.05, 4.69) is 20.5 Å². The van der Waals surface area contributed by atoms with Crippen LogP contribution >= 0.6 is 0 Å². The van der Waals surface area contributed by atoms with Crippen molar-refractivity contribution in [1.29, 1.82) is 0 Å². The van der Waals surface area contributed by atoms with Crippen molar-refractivity contribution in [2.24, 2.45) is 4.99 Å². The number of halogens is 1. The fourth-order valence-corrected chi connectivity index (χ4v) is 3.15. The fraction of sp³-hybridized carbons (Fsp3) is 0.435. The Balaban J connectivity index is 1.49. The van der Waals surface area contributed by atoms with Gasteiger partial charge in [0.2, 0.25) is 0 Å². The van der Waals surface area contributed by atoms with Gasteiger partial charge >= 0.3 is 0 Å². The average Bonchev–Trinajstić information content (AvgIpc) is 2.78. The summed E-state index contributed by atoms with van der Waals surface area (Å²) in [5.74, 6) is 1.35. The van der Waals surface area contributed by atoms with Crippen LogP contribution in [0.1, 0.15) is 18.1 Å². The van der Waals surface area contributed by atoms with Crippen molar-refractivity contribution in [2.75, 3.05) is 46.0 Å². The molecule has 6 nitrogen and oxygen atoms in total. The molecule has 0 saturated carbocycles. The topological polar surface area (TPSA) is 58.1 Å². The van der Waals surface area contributed by atoms with Crippen molar-refractivity contribution in [3.05, 3.63) is 65.5 Å². The van der Waals surface area contributed by atoms with Crippen LogP contribution in [0.25, 0.3) is 0 Å². The van der Waals surface area contributed by atoms with Gasteiger partial charge in [0, 0.05) is 32.7 Å². The van der Waals surface area contributed by atoms with Crippen LogP contribution in [0.5, 0.6) is 5.75 Å². The predicted molar refractivity (Wildman–Crippen MR) is 117 cm³/mol. The molecule has 3 rings (SSSR count). The van der Waals surface area contributed by atoms with E-state index in [4.69, 9.17) is 9.47 Å². The molecule has 0 spiro atoms. The maximum atomic E-state index is 13.0. The first kappa shape index (κ1) is 22.1. The van der Waals surface area contributed by atoms with E-state index >= 15 is 0 Å². The van der Waals surface area contributed by atoms with Crippen LogP contribution in [0.15, 0.2) is 53.5 Å². The highest BCUT2D eigenvalue weighted by molar-refractivity contribution is 5.79. The summed E-state index contributed by atoms with van der Waals surface area (Å²) < 4.78 is 24.3. The van der Waals surface area contributed by atoms with Crippen molar-refractivity contribution in [3.63, 3.8) is 0 Å². The van der Waals surface area contributed by atoms with E-state index in [1.54, 1.807) is 12.1 Å². The maximum Gasteiger partial charge on any atom is 0.191 e. The molecule has 2 aromatic carbocycles. The van der Waals surface area contributed by atoms with Crippen molar-refractivity contribution in [1.82, 2.24) is 15.5 Å². The first-order valence-electron chi connectivity index (χ1n) is 10.5. The van der Waals surface area contributed by atoms with Crippen LogP contribution in [0.3, 0.4) is 0 Å². The van der Waals surface area contributed by atoms with E-state index in [0.29, 0.717) is 19.7 Å². The molecule has 7 heteroatoms. The highest BCUT2D eigenvalue weighted by Crippen LogP contribution is 2.14. The standard InChI is InChI=1S/C23H31FN4O2/c1-2-25-23(26-17-19-6-8-21(24)9-7-19)27-18-20-4-3-5-22(16-20)30-15-12-28-10-13-29-14-11-28/h3-9,16H,2,10-15,17-18H2,1H3,(H2,25,26,27). The van der Waals surface area contributed by atoms with Crippen molar-refractivity contribution >= 4 is 5.96 Å². The largest absolute Gasteiger partial charge is 0.492 e. The molecule has 0 amide bonds. The van der Waals surface area contributed by atoms with E-state index in [1.165, 1.54) is 12.1 Å². The molecule has 1 aliphatic rings. The Labute approximate surface area is 178 Å². The molecule has 0 unspecified atom stereocenters. The van der Waals surface area contributed by atoms with Crippen LogP contribution in [0.2, 0.25) is 0 Å². The minimum Gasteiger partial charge on any atom is -0.492 e. The van der Waals surface area contributed by atoms with Crippen LogP contribution in [0, 0.1) is 5.82 Å². The number of nitrogens with one attached hydrogen (secondary N) is 2. The molecule has 2 N–H and O–H groups in total. The molecule has 0 bridgehead atoms. The fourth-order valence-electron chi connectivity index (χ4n) is 3.15. The SMILES string of the molecule is CCNC(=NCc1cccc(OCCN2CCOCC2)c1)NCc1ccc(F)cc1. The Hall–Kier alpha value is -2.64. The van der Waals surface area contributed by atoms with Gasteiger partial charge in [0.25, 0.3) is 0 Å².